The fourth-order valence-electron chi connectivity index (χ4n) is 2.84. The summed E-state index contributed by atoms with van der Waals surface area (Å²) in [6.07, 6.45) is 6.72. The van der Waals surface area contributed by atoms with Crippen LogP contribution in [0.2, 0.25) is 0 Å². The highest BCUT2D eigenvalue weighted by Gasteiger charge is 2.23. The molecule has 2 heterocycles. The molecule has 1 aliphatic heterocycles. The van der Waals surface area contributed by atoms with Crippen LogP contribution < -0.4 is 4.90 Å². The molecule has 19 heavy (non-hydrogen) atoms. The number of halogens is 1. The van der Waals surface area contributed by atoms with Gasteiger partial charge >= 0.3 is 0 Å². The summed E-state index contributed by atoms with van der Waals surface area (Å²) >= 11 is 6.16. The van der Waals surface area contributed by atoms with E-state index in [0.717, 1.165) is 24.2 Å². The molecular formula is C15H18ClN3. The van der Waals surface area contributed by atoms with Gasteiger partial charge in [-0.15, -0.1) is 16.7 Å². The number of fused-ring (bicyclic) bond motifs is 1. The molecule has 1 unspecified atom stereocenters. The van der Waals surface area contributed by atoms with Crippen LogP contribution in [0, 0.1) is 0 Å². The Morgan fingerprint density at radius 1 is 1.21 bits per heavy atom. The van der Waals surface area contributed by atoms with Crippen LogP contribution in [0.5, 0.6) is 0 Å². The number of anilines is 1. The minimum Gasteiger partial charge on any atom is -0.350 e. The van der Waals surface area contributed by atoms with E-state index in [4.69, 9.17) is 11.6 Å². The van der Waals surface area contributed by atoms with E-state index in [2.05, 4.69) is 33.3 Å². The summed E-state index contributed by atoms with van der Waals surface area (Å²) < 4.78 is 0. The average molecular weight is 276 g/mol. The van der Waals surface area contributed by atoms with Gasteiger partial charge in [0.15, 0.2) is 5.82 Å². The van der Waals surface area contributed by atoms with E-state index in [1.807, 2.05) is 12.3 Å². The van der Waals surface area contributed by atoms with E-state index in [1.165, 1.54) is 24.6 Å². The first-order valence-corrected chi connectivity index (χ1v) is 7.46. The topological polar surface area (TPSA) is 29.0 Å². The van der Waals surface area contributed by atoms with Crippen LogP contribution in [0.3, 0.4) is 0 Å². The van der Waals surface area contributed by atoms with Crippen molar-refractivity contribution in [2.75, 3.05) is 17.3 Å². The van der Waals surface area contributed by atoms with Crippen LogP contribution in [-0.4, -0.2) is 28.7 Å². The molecule has 100 valence electrons. The Morgan fingerprint density at radius 3 is 3.00 bits per heavy atom. The van der Waals surface area contributed by atoms with Crippen molar-refractivity contribution in [2.45, 2.75) is 31.7 Å². The first-order valence-electron chi connectivity index (χ1n) is 6.93. The zero-order valence-corrected chi connectivity index (χ0v) is 11.7. The lowest BCUT2D eigenvalue weighted by Gasteiger charge is -2.30. The van der Waals surface area contributed by atoms with Gasteiger partial charge in [-0.25, -0.2) is 0 Å². The van der Waals surface area contributed by atoms with Gasteiger partial charge in [0.1, 0.15) is 0 Å². The van der Waals surface area contributed by atoms with Crippen molar-refractivity contribution in [3.8, 4) is 0 Å². The Labute approximate surface area is 118 Å². The zero-order valence-electron chi connectivity index (χ0n) is 10.9. The summed E-state index contributed by atoms with van der Waals surface area (Å²) in [5.41, 5.74) is 0. The molecule has 0 radical (unpaired) electrons. The quantitative estimate of drug-likeness (QED) is 0.784. The largest absolute Gasteiger partial charge is 0.350 e. The van der Waals surface area contributed by atoms with Crippen LogP contribution >= 0.6 is 11.6 Å². The van der Waals surface area contributed by atoms with Gasteiger partial charge in [0.2, 0.25) is 0 Å². The third kappa shape index (κ3) is 2.52. The summed E-state index contributed by atoms with van der Waals surface area (Å²) in [6, 6.07) is 8.68. The lowest BCUT2D eigenvalue weighted by molar-refractivity contribution is 0.615. The van der Waals surface area contributed by atoms with Gasteiger partial charge in [0, 0.05) is 29.2 Å². The van der Waals surface area contributed by atoms with Crippen molar-refractivity contribution in [3.63, 3.8) is 0 Å². The van der Waals surface area contributed by atoms with Crippen molar-refractivity contribution in [1.29, 1.82) is 0 Å². The maximum absolute atomic E-state index is 6.16. The first kappa shape index (κ1) is 12.7. The summed E-state index contributed by atoms with van der Waals surface area (Å²) in [4.78, 5) is 2.36. The van der Waals surface area contributed by atoms with Crippen LogP contribution in [0.25, 0.3) is 10.8 Å². The maximum atomic E-state index is 6.16. The summed E-state index contributed by atoms with van der Waals surface area (Å²) in [7, 11) is 0. The molecule has 0 spiro atoms. The van der Waals surface area contributed by atoms with Crippen LogP contribution in [-0.2, 0) is 0 Å². The third-order valence-corrected chi connectivity index (χ3v) is 4.23. The Kier molecular flexibility index (Phi) is 3.83. The standard InChI is InChI=1S/C15H18ClN3/c16-10-13-7-2-1-5-9-19(13)15-14-8-4-3-6-12(14)11-17-18-15/h3-4,6,8,11,13H,1-2,5,7,9-10H2. The predicted molar refractivity (Wildman–Crippen MR) is 79.9 cm³/mol. The van der Waals surface area contributed by atoms with Gasteiger partial charge in [0.05, 0.1) is 6.20 Å². The molecule has 0 amide bonds. The SMILES string of the molecule is ClCC1CCCCCN1c1nncc2ccccc12. The molecular weight excluding hydrogens is 258 g/mol. The van der Waals surface area contributed by atoms with Gasteiger partial charge in [0.25, 0.3) is 0 Å². The number of aromatic nitrogens is 2. The van der Waals surface area contributed by atoms with E-state index < -0.39 is 0 Å². The van der Waals surface area contributed by atoms with Crippen molar-refractivity contribution in [2.24, 2.45) is 0 Å². The molecule has 0 bridgehead atoms. The normalized spacial score (nSPS) is 20.5. The number of alkyl halides is 1. The minimum atomic E-state index is 0.379. The van der Waals surface area contributed by atoms with E-state index in [0.29, 0.717) is 11.9 Å². The van der Waals surface area contributed by atoms with Gasteiger partial charge in [-0.2, -0.15) is 5.10 Å². The molecule has 3 rings (SSSR count). The van der Waals surface area contributed by atoms with Gasteiger partial charge in [-0.05, 0) is 12.8 Å². The van der Waals surface area contributed by atoms with Gasteiger partial charge < -0.3 is 4.90 Å². The number of nitrogens with zero attached hydrogens (tertiary/aromatic N) is 3. The highest BCUT2D eigenvalue weighted by atomic mass is 35.5. The molecule has 1 aromatic carbocycles. The van der Waals surface area contributed by atoms with E-state index >= 15 is 0 Å². The molecule has 3 nitrogen and oxygen atoms in total. The van der Waals surface area contributed by atoms with E-state index in [-0.39, 0.29) is 0 Å². The smallest absolute Gasteiger partial charge is 0.159 e. The summed E-state index contributed by atoms with van der Waals surface area (Å²) in [5, 5.41) is 10.9. The molecule has 1 saturated heterocycles. The van der Waals surface area contributed by atoms with Crippen LogP contribution in [0.15, 0.2) is 30.5 Å². The minimum absolute atomic E-state index is 0.379. The molecule has 1 atom stereocenters. The average Bonchev–Trinajstić information content (AvgIpc) is 2.71. The Morgan fingerprint density at radius 2 is 2.11 bits per heavy atom. The van der Waals surface area contributed by atoms with Crippen molar-refractivity contribution in [1.82, 2.24) is 10.2 Å². The Balaban J connectivity index is 2.06. The first-order chi connectivity index (χ1) is 9.40. The summed E-state index contributed by atoms with van der Waals surface area (Å²) in [6.45, 7) is 1.03. The van der Waals surface area contributed by atoms with Crippen molar-refractivity contribution in [3.05, 3.63) is 30.5 Å². The van der Waals surface area contributed by atoms with Gasteiger partial charge in [-0.3, -0.25) is 0 Å². The molecule has 4 heteroatoms. The second-order valence-electron chi connectivity index (χ2n) is 5.11. The number of rotatable bonds is 2. The summed E-state index contributed by atoms with van der Waals surface area (Å²) in [5.74, 6) is 1.65. The van der Waals surface area contributed by atoms with Crippen LogP contribution in [0.1, 0.15) is 25.7 Å². The van der Waals surface area contributed by atoms with E-state index in [1.54, 1.807) is 0 Å². The molecule has 1 aliphatic rings. The molecule has 0 N–H and O–H groups in total. The highest BCUT2D eigenvalue weighted by Crippen LogP contribution is 2.28. The fraction of sp³-hybridized carbons (Fsp3) is 0.467. The molecule has 2 aromatic rings. The second-order valence-corrected chi connectivity index (χ2v) is 5.41. The van der Waals surface area contributed by atoms with Crippen molar-refractivity contribution >= 4 is 28.2 Å². The second kappa shape index (κ2) is 5.74. The Hall–Kier alpha value is -1.35. The zero-order chi connectivity index (χ0) is 13.1. The lowest BCUT2D eigenvalue weighted by atomic mass is 10.1. The van der Waals surface area contributed by atoms with Crippen molar-refractivity contribution < 1.29 is 0 Å². The number of hydrogen-bond acceptors (Lipinski definition) is 3. The fourth-order valence-corrected chi connectivity index (χ4v) is 3.16. The lowest BCUT2D eigenvalue weighted by Crippen LogP contribution is -2.37. The number of hydrogen-bond donors (Lipinski definition) is 0. The Bertz CT molecular complexity index is 553. The molecule has 0 saturated carbocycles. The number of benzene rings is 1. The monoisotopic (exact) mass is 275 g/mol. The molecule has 0 aliphatic carbocycles. The molecule has 1 aromatic heterocycles. The van der Waals surface area contributed by atoms with Gasteiger partial charge in [-0.1, -0.05) is 37.1 Å². The highest BCUT2D eigenvalue weighted by molar-refractivity contribution is 6.18. The molecule has 1 fully saturated rings. The maximum Gasteiger partial charge on any atom is 0.159 e. The van der Waals surface area contributed by atoms with Crippen LogP contribution in [0.4, 0.5) is 5.82 Å². The third-order valence-electron chi connectivity index (χ3n) is 3.88. The predicted octanol–water partition coefficient (Wildman–Crippen LogP) is 3.62. The van der Waals surface area contributed by atoms with E-state index in [9.17, 15) is 0 Å².